The Morgan fingerprint density at radius 1 is 1.43 bits per heavy atom. The number of aromatic amines is 1. The summed E-state index contributed by atoms with van der Waals surface area (Å²) < 4.78 is 0. The van der Waals surface area contributed by atoms with Gasteiger partial charge in [0.15, 0.2) is 5.69 Å². The molecular formula is C14H19ClN4O2. The van der Waals surface area contributed by atoms with Gasteiger partial charge in [-0.1, -0.05) is 37.4 Å². The zero-order valence-electron chi connectivity index (χ0n) is 12.0. The summed E-state index contributed by atoms with van der Waals surface area (Å²) in [6.07, 6.45) is 4.29. The number of aromatic nitrogens is 2. The molecule has 1 fully saturated rings. The third-order valence-electron chi connectivity index (χ3n) is 3.71. The van der Waals surface area contributed by atoms with Crippen molar-refractivity contribution in [2.75, 3.05) is 0 Å². The molecule has 114 valence electrons. The van der Waals surface area contributed by atoms with Crippen LogP contribution < -0.4 is 16.6 Å². The SMILES string of the molecule is C=C(C)NC(=O)c1n[nH]c(=O)c(C2(N)CCCCC2)c1Cl. The summed E-state index contributed by atoms with van der Waals surface area (Å²) in [5.74, 6) is -0.510. The number of carbonyl (C=O) groups is 1. The molecule has 0 atom stereocenters. The van der Waals surface area contributed by atoms with E-state index in [2.05, 4.69) is 22.1 Å². The van der Waals surface area contributed by atoms with Crippen LogP contribution in [-0.2, 0) is 5.54 Å². The first-order valence-electron chi connectivity index (χ1n) is 6.89. The molecule has 0 spiro atoms. The Labute approximate surface area is 127 Å². The van der Waals surface area contributed by atoms with Crippen LogP contribution in [0.2, 0.25) is 5.02 Å². The number of nitrogens with zero attached hydrogens (tertiary/aromatic N) is 1. The predicted octanol–water partition coefficient (Wildman–Crippen LogP) is 1.80. The fraction of sp³-hybridized carbons (Fsp3) is 0.500. The number of nitrogens with two attached hydrogens (primary N) is 1. The van der Waals surface area contributed by atoms with E-state index < -0.39 is 17.0 Å². The highest BCUT2D eigenvalue weighted by Gasteiger charge is 2.36. The highest BCUT2D eigenvalue weighted by molar-refractivity contribution is 6.34. The van der Waals surface area contributed by atoms with Gasteiger partial charge in [-0.05, 0) is 19.8 Å². The summed E-state index contributed by atoms with van der Waals surface area (Å²) in [4.78, 5) is 24.2. The van der Waals surface area contributed by atoms with Crippen molar-refractivity contribution in [3.05, 3.63) is 38.9 Å². The van der Waals surface area contributed by atoms with Crippen LogP contribution in [0.4, 0.5) is 0 Å². The van der Waals surface area contributed by atoms with Crippen molar-refractivity contribution < 1.29 is 4.79 Å². The molecule has 0 aliphatic heterocycles. The van der Waals surface area contributed by atoms with E-state index in [1.807, 2.05) is 0 Å². The minimum absolute atomic E-state index is 0.0295. The van der Waals surface area contributed by atoms with Crippen molar-refractivity contribution in [2.45, 2.75) is 44.6 Å². The summed E-state index contributed by atoms with van der Waals surface area (Å²) in [5.41, 5.74) is 5.82. The van der Waals surface area contributed by atoms with Crippen LogP contribution in [0.15, 0.2) is 17.1 Å². The van der Waals surface area contributed by atoms with E-state index in [1.54, 1.807) is 6.92 Å². The second kappa shape index (κ2) is 5.99. The van der Waals surface area contributed by atoms with Gasteiger partial charge in [-0.25, -0.2) is 5.10 Å². The molecule has 1 aromatic heterocycles. The lowest BCUT2D eigenvalue weighted by atomic mass is 9.78. The standard InChI is InChI=1S/C14H19ClN4O2/c1-8(2)17-13(21)11-10(15)9(12(20)19-18-11)14(16)6-4-3-5-7-14/h1,3-7,16H2,2H3,(H,17,21)(H,19,20). The number of hydrogen-bond acceptors (Lipinski definition) is 4. The lowest BCUT2D eigenvalue weighted by Crippen LogP contribution is -2.44. The summed E-state index contributed by atoms with van der Waals surface area (Å²) in [6, 6.07) is 0. The Hall–Kier alpha value is -1.66. The Morgan fingerprint density at radius 3 is 2.62 bits per heavy atom. The molecule has 1 aliphatic carbocycles. The molecule has 1 amide bonds. The summed E-state index contributed by atoms with van der Waals surface area (Å²) in [6.45, 7) is 5.24. The van der Waals surface area contributed by atoms with Gasteiger partial charge in [0.05, 0.1) is 10.6 Å². The maximum Gasteiger partial charge on any atom is 0.277 e. The van der Waals surface area contributed by atoms with Crippen molar-refractivity contribution in [1.82, 2.24) is 15.5 Å². The largest absolute Gasteiger partial charge is 0.325 e. The first kappa shape index (κ1) is 15.7. The van der Waals surface area contributed by atoms with E-state index in [1.165, 1.54) is 0 Å². The van der Waals surface area contributed by atoms with Gasteiger partial charge in [-0.2, -0.15) is 5.10 Å². The van der Waals surface area contributed by atoms with Crippen LogP contribution in [0.3, 0.4) is 0 Å². The van der Waals surface area contributed by atoms with Gasteiger partial charge in [-0.3, -0.25) is 9.59 Å². The van der Waals surface area contributed by atoms with Gasteiger partial charge >= 0.3 is 0 Å². The molecule has 21 heavy (non-hydrogen) atoms. The number of halogens is 1. The van der Waals surface area contributed by atoms with Gasteiger partial charge in [0, 0.05) is 11.2 Å². The van der Waals surface area contributed by atoms with E-state index in [9.17, 15) is 9.59 Å². The quantitative estimate of drug-likeness (QED) is 0.792. The molecular weight excluding hydrogens is 292 g/mol. The topological polar surface area (TPSA) is 101 Å². The zero-order chi connectivity index (χ0) is 15.6. The summed E-state index contributed by atoms with van der Waals surface area (Å²) >= 11 is 6.26. The van der Waals surface area contributed by atoms with Crippen molar-refractivity contribution in [3.8, 4) is 0 Å². The van der Waals surface area contributed by atoms with Gasteiger partial charge in [0.1, 0.15) is 0 Å². The van der Waals surface area contributed by atoms with E-state index in [4.69, 9.17) is 17.3 Å². The monoisotopic (exact) mass is 310 g/mol. The predicted molar refractivity (Wildman–Crippen MR) is 81.1 cm³/mol. The molecule has 0 radical (unpaired) electrons. The molecule has 0 aromatic carbocycles. The summed E-state index contributed by atoms with van der Waals surface area (Å²) in [5, 5.41) is 8.61. The fourth-order valence-corrected chi connectivity index (χ4v) is 3.11. The Balaban J connectivity index is 2.49. The van der Waals surface area contributed by atoms with Crippen LogP contribution in [0.5, 0.6) is 0 Å². The number of hydrogen-bond donors (Lipinski definition) is 3. The average molecular weight is 311 g/mol. The molecule has 7 heteroatoms. The van der Waals surface area contributed by atoms with Crippen LogP contribution in [-0.4, -0.2) is 16.1 Å². The average Bonchev–Trinajstić information content (AvgIpc) is 2.38. The number of rotatable bonds is 3. The molecule has 6 nitrogen and oxygen atoms in total. The Kier molecular flexibility index (Phi) is 4.49. The number of H-pyrrole nitrogens is 1. The lowest BCUT2D eigenvalue weighted by molar-refractivity contribution is 0.0960. The molecule has 0 saturated heterocycles. The maximum absolute atomic E-state index is 12.1. The Morgan fingerprint density at radius 2 is 2.05 bits per heavy atom. The highest BCUT2D eigenvalue weighted by atomic mass is 35.5. The van der Waals surface area contributed by atoms with Crippen molar-refractivity contribution >= 4 is 17.5 Å². The van der Waals surface area contributed by atoms with E-state index in [0.717, 1.165) is 19.3 Å². The smallest absolute Gasteiger partial charge is 0.277 e. The number of allylic oxidation sites excluding steroid dienone is 1. The first-order chi connectivity index (χ1) is 9.85. The molecule has 0 unspecified atom stereocenters. The zero-order valence-corrected chi connectivity index (χ0v) is 12.7. The van der Waals surface area contributed by atoms with Crippen LogP contribution in [0.1, 0.15) is 55.1 Å². The fourth-order valence-electron chi connectivity index (χ4n) is 2.71. The van der Waals surface area contributed by atoms with E-state index in [0.29, 0.717) is 18.5 Å². The molecule has 1 aromatic rings. The molecule has 4 N–H and O–H groups in total. The summed E-state index contributed by atoms with van der Waals surface area (Å²) in [7, 11) is 0. The number of nitrogens with one attached hydrogen (secondary N) is 2. The van der Waals surface area contributed by atoms with E-state index >= 15 is 0 Å². The van der Waals surface area contributed by atoms with Gasteiger partial charge < -0.3 is 11.1 Å². The normalized spacial score (nSPS) is 17.3. The van der Waals surface area contributed by atoms with Crippen LogP contribution in [0.25, 0.3) is 0 Å². The lowest BCUT2D eigenvalue weighted by Gasteiger charge is -2.33. The van der Waals surface area contributed by atoms with Gasteiger partial charge in [0.2, 0.25) is 0 Å². The molecule has 1 aliphatic rings. The van der Waals surface area contributed by atoms with Crippen LogP contribution in [0, 0.1) is 0 Å². The molecule has 1 heterocycles. The van der Waals surface area contributed by atoms with Crippen molar-refractivity contribution in [1.29, 1.82) is 0 Å². The molecule has 1 saturated carbocycles. The third-order valence-corrected chi connectivity index (χ3v) is 4.08. The third kappa shape index (κ3) is 3.16. The Bertz CT molecular complexity index is 632. The maximum atomic E-state index is 12.1. The first-order valence-corrected chi connectivity index (χ1v) is 7.27. The van der Waals surface area contributed by atoms with E-state index in [-0.39, 0.29) is 16.3 Å². The number of carbonyl (C=O) groups excluding carboxylic acids is 1. The molecule has 0 bridgehead atoms. The highest BCUT2D eigenvalue weighted by Crippen LogP contribution is 2.36. The van der Waals surface area contributed by atoms with Crippen LogP contribution >= 0.6 is 11.6 Å². The molecule has 2 rings (SSSR count). The van der Waals surface area contributed by atoms with Crippen molar-refractivity contribution in [3.63, 3.8) is 0 Å². The second-order valence-corrected chi connectivity index (χ2v) is 5.92. The number of amides is 1. The second-order valence-electron chi connectivity index (χ2n) is 5.54. The minimum atomic E-state index is -0.801. The van der Waals surface area contributed by atoms with Gasteiger partial charge in [0.25, 0.3) is 11.5 Å². The van der Waals surface area contributed by atoms with Crippen molar-refractivity contribution in [2.24, 2.45) is 5.73 Å². The van der Waals surface area contributed by atoms with Gasteiger partial charge in [-0.15, -0.1) is 0 Å². The minimum Gasteiger partial charge on any atom is -0.325 e.